The van der Waals surface area contributed by atoms with Crippen molar-refractivity contribution in [2.24, 2.45) is 0 Å². The van der Waals surface area contributed by atoms with Gasteiger partial charge in [0.05, 0.1) is 27.6 Å². The number of nitrogens with zero attached hydrogens (tertiary/aromatic N) is 3. The molecule has 0 spiro atoms. The molecular weight excluding hydrogens is 411 g/mol. The molecule has 0 aliphatic carbocycles. The van der Waals surface area contributed by atoms with Gasteiger partial charge in [0, 0.05) is 6.20 Å². The lowest BCUT2D eigenvalue weighted by Crippen LogP contribution is -2.16. The lowest BCUT2D eigenvalue weighted by molar-refractivity contribution is 0.289. The van der Waals surface area contributed by atoms with Crippen LogP contribution in [0.5, 0.6) is 5.88 Å². The van der Waals surface area contributed by atoms with Crippen molar-refractivity contribution < 1.29 is 13.2 Å². The summed E-state index contributed by atoms with van der Waals surface area (Å²) >= 11 is 11.9. The second kappa shape index (κ2) is 8.08. The normalized spacial score (nSPS) is 11.2. The largest absolute Gasteiger partial charge is 0.469 e. The van der Waals surface area contributed by atoms with Gasteiger partial charge in [0.2, 0.25) is 5.82 Å². The van der Waals surface area contributed by atoms with Crippen LogP contribution in [0.2, 0.25) is 10.0 Å². The van der Waals surface area contributed by atoms with Crippen molar-refractivity contribution >= 4 is 39.0 Å². The highest BCUT2D eigenvalue weighted by atomic mass is 35.5. The fourth-order valence-electron chi connectivity index (χ4n) is 2.13. The molecule has 0 saturated heterocycles. The molecule has 1 N–H and O–H groups in total. The number of aryl methyl sites for hydroxylation is 1. The molecule has 7 nitrogen and oxygen atoms in total. The third-order valence-electron chi connectivity index (χ3n) is 3.38. The molecular formula is C17H14Cl2N4O3S. The molecule has 10 heteroatoms. The molecule has 2 heterocycles. The van der Waals surface area contributed by atoms with Crippen molar-refractivity contribution in [1.82, 2.24) is 15.0 Å². The number of nitrogens with one attached hydrogen (secondary N) is 1. The van der Waals surface area contributed by atoms with E-state index in [4.69, 9.17) is 27.9 Å². The predicted octanol–water partition coefficient (Wildman–Crippen LogP) is 3.87. The lowest BCUT2D eigenvalue weighted by Gasteiger charge is -2.13. The molecule has 0 amide bonds. The molecule has 0 saturated carbocycles. The highest BCUT2D eigenvalue weighted by molar-refractivity contribution is 7.92. The van der Waals surface area contributed by atoms with Crippen LogP contribution < -0.4 is 9.46 Å². The first-order chi connectivity index (χ1) is 12.9. The summed E-state index contributed by atoms with van der Waals surface area (Å²) in [7, 11) is -4.05. The van der Waals surface area contributed by atoms with Crippen LogP contribution in [0.4, 0.5) is 5.82 Å². The maximum atomic E-state index is 12.7. The van der Waals surface area contributed by atoms with Gasteiger partial charge >= 0.3 is 0 Å². The van der Waals surface area contributed by atoms with Crippen LogP contribution >= 0.6 is 23.2 Å². The zero-order valence-electron chi connectivity index (χ0n) is 14.1. The van der Waals surface area contributed by atoms with Crippen molar-refractivity contribution in [3.05, 3.63) is 70.2 Å². The Kier molecular flexibility index (Phi) is 5.79. The van der Waals surface area contributed by atoms with Gasteiger partial charge < -0.3 is 4.74 Å². The molecule has 0 unspecified atom stereocenters. The quantitative estimate of drug-likeness (QED) is 0.645. The Bertz CT molecular complexity index is 1060. The molecule has 2 aromatic heterocycles. The Hall–Kier alpha value is -2.42. The summed E-state index contributed by atoms with van der Waals surface area (Å²) in [6, 6.07) is 9.70. The molecule has 0 bridgehead atoms. The highest BCUT2D eigenvalue weighted by Gasteiger charge is 2.22. The van der Waals surface area contributed by atoms with Crippen molar-refractivity contribution in [2.45, 2.75) is 18.4 Å². The molecule has 140 valence electrons. The fourth-order valence-corrected chi connectivity index (χ4v) is 3.89. The fraction of sp³-hybridized carbons (Fsp3) is 0.118. The molecule has 27 heavy (non-hydrogen) atoms. The molecule has 0 fully saturated rings. The van der Waals surface area contributed by atoms with Crippen LogP contribution in [0, 0.1) is 6.92 Å². The van der Waals surface area contributed by atoms with Gasteiger partial charge in [-0.05, 0) is 31.2 Å². The molecule has 3 rings (SSSR count). The first-order valence-corrected chi connectivity index (χ1v) is 9.94. The topological polar surface area (TPSA) is 94.1 Å². The van der Waals surface area contributed by atoms with Crippen molar-refractivity contribution in [1.29, 1.82) is 0 Å². The SMILES string of the molecule is Cc1cnc(NS(=O)(=O)c2cccc(Cl)c2Cl)c(OCc2ccccn2)n1. The number of aromatic nitrogens is 3. The summed E-state index contributed by atoms with van der Waals surface area (Å²) in [5, 5.41) is 0.0452. The van der Waals surface area contributed by atoms with Crippen molar-refractivity contribution in [2.75, 3.05) is 4.72 Å². The second-order valence-electron chi connectivity index (χ2n) is 5.43. The van der Waals surface area contributed by atoms with Gasteiger partial charge in [-0.3, -0.25) is 9.71 Å². The van der Waals surface area contributed by atoms with E-state index in [0.717, 1.165) is 0 Å². The number of sulfonamides is 1. The summed E-state index contributed by atoms with van der Waals surface area (Å²) in [6.45, 7) is 1.82. The Morgan fingerprint density at radius 3 is 2.67 bits per heavy atom. The van der Waals surface area contributed by atoms with Gasteiger partial charge in [0.15, 0.2) is 0 Å². The van der Waals surface area contributed by atoms with Crippen LogP contribution in [0.15, 0.2) is 53.7 Å². The average Bonchev–Trinajstić information content (AvgIpc) is 2.64. The second-order valence-corrected chi connectivity index (χ2v) is 7.87. The maximum absolute atomic E-state index is 12.7. The van der Waals surface area contributed by atoms with Crippen LogP contribution in [-0.4, -0.2) is 23.4 Å². The van der Waals surface area contributed by atoms with E-state index in [1.807, 2.05) is 6.07 Å². The number of hydrogen-bond acceptors (Lipinski definition) is 6. The van der Waals surface area contributed by atoms with Gasteiger partial charge in [-0.25, -0.2) is 18.4 Å². The summed E-state index contributed by atoms with van der Waals surface area (Å²) in [4.78, 5) is 12.3. The van der Waals surface area contributed by atoms with Crippen LogP contribution in [0.1, 0.15) is 11.4 Å². The molecule has 3 aromatic rings. The summed E-state index contributed by atoms with van der Waals surface area (Å²) in [6.07, 6.45) is 3.05. The molecule has 0 atom stereocenters. The van der Waals surface area contributed by atoms with Crippen LogP contribution in [0.25, 0.3) is 0 Å². The van der Waals surface area contributed by atoms with E-state index in [2.05, 4.69) is 19.7 Å². The van der Waals surface area contributed by atoms with Gasteiger partial charge in [-0.1, -0.05) is 35.3 Å². The van der Waals surface area contributed by atoms with E-state index in [1.54, 1.807) is 25.3 Å². The highest BCUT2D eigenvalue weighted by Crippen LogP contribution is 2.31. The van der Waals surface area contributed by atoms with E-state index >= 15 is 0 Å². The smallest absolute Gasteiger partial charge is 0.264 e. The molecule has 0 aliphatic rings. The average molecular weight is 425 g/mol. The van der Waals surface area contributed by atoms with Gasteiger partial charge in [-0.15, -0.1) is 0 Å². The molecule has 1 aromatic carbocycles. The summed E-state index contributed by atoms with van der Waals surface area (Å²) in [5.74, 6) is -0.0325. The Morgan fingerprint density at radius 1 is 1.11 bits per heavy atom. The van der Waals surface area contributed by atoms with Crippen LogP contribution in [0.3, 0.4) is 0 Å². The lowest BCUT2D eigenvalue weighted by atomic mass is 10.4. The Balaban J connectivity index is 1.89. The number of anilines is 1. The Morgan fingerprint density at radius 2 is 1.93 bits per heavy atom. The van der Waals surface area contributed by atoms with Gasteiger partial charge in [0.25, 0.3) is 15.9 Å². The van der Waals surface area contributed by atoms with Gasteiger partial charge in [-0.2, -0.15) is 0 Å². The zero-order chi connectivity index (χ0) is 19.4. The van der Waals surface area contributed by atoms with E-state index in [1.165, 1.54) is 24.4 Å². The minimum atomic E-state index is -4.05. The van der Waals surface area contributed by atoms with Crippen molar-refractivity contribution in [3.8, 4) is 5.88 Å². The molecule has 0 radical (unpaired) electrons. The number of rotatable bonds is 6. The van der Waals surface area contributed by atoms with Crippen LogP contribution in [-0.2, 0) is 16.6 Å². The minimum Gasteiger partial charge on any atom is -0.469 e. The van der Waals surface area contributed by atoms with E-state index in [9.17, 15) is 8.42 Å². The van der Waals surface area contributed by atoms with E-state index in [0.29, 0.717) is 11.4 Å². The molecule has 0 aliphatic heterocycles. The van der Waals surface area contributed by atoms with E-state index in [-0.39, 0.29) is 33.2 Å². The number of pyridine rings is 1. The monoisotopic (exact) mass is 424 g/mol. The Labute approximate surface area is 166 Å². The third-order valence-corrected chi connectivity index (χ3v) is 5.69. The number of ether oxygens (including phenoxy) is 1. The minimum absolute atomic E-state index is 0.0300. The standard InChI is InChI=1S/C17H14Cl2N4O3S/c1-11-9-21-16(17(22-11)26-10-12-5-2-3-8-20-12)23-27(24,25)14-7-4-6-13(18)15(14)19/h2-9H,10H2,1H3,(H,21,23). The van der Waals surface area contributed by atoms with Crippen molar-refractivity contribution in [3.63, 3.8) is 0 Å². The maximum Gasteiger partial charge on any atom is 0.264 e. The number of halogens is 2. The third kappa shape index (κ3) is 4.65. The zero-order valence-corrected chi connectivity index (χ0v) is 16.4. The number of hydrogen-bond donors (Lipinski definition) is 1. The summed E-state index contributed by atoms with van der Waals surface area (Å²) < 4.78 is 33.4. The number of benzene rings is 1. The predicted molar refractivity (Wildman–Crippen MR) is 103 cm³/mol. The first-order valence-electron chi connectivity index (χ1n) is 7.70. The first kappa shape index (κ1) is 19.3. The van der Waals surface area contributed by atoms with E-state index < -0.39 is 10.0 Å². The summed E-state index contributed by atoms with van der Waals surface area (Å²) in [5.41, 5.74) is 1.22. The van der Waals surface area contributed by atoms with Gasteiger partial charge in [0.1, 0.15) is 11.5 Å².